The van der Waals surface area contributed by atoms with Crippen molar-refractivity contribution < 1.29 is 4.79 Å². The monoisotopic (exact) mass is 237 g/mol. The lowest BCUT2D eigenvalue weighted by Crippen LogP contribution is -2.36. The van der Waals surface area contributed by atoms with Crippen LogP contribution in [0, 0.1) is 0 Å². The van der Waals surface area contributed by atoms with Crippen LogP contribution in [0.15, 0.2) is 34.7 Å². The van der Waals surface area contributed by atoms with Gasteiger partial charge in [0, 0.05) is 11.0 Å². The number of hydrogen-bond donors (Lipinski definition) is 0. The van der Waals surface area contributed by atoms with Gasteiger partial charge in [-0.25, -0.2) is 4.40 Å². The topological polar surface area (TPSA) is 29.4 Å². The smallest absolute Gasteiger partial charge is 0.152 e. The Labute approximate surface area is 97.1 Å². The van der Waals surface area contributed by atoms with E-state index in [0.29, 0.717) is 0 Å². The Balaban J connectivity index is 2.42. The van der Waals surface area contributed by atoms with Gasteiger partial charge in [0.05, 0.1) is 5.71 Å². The van der Waals surface area contributed by atoms with Crippen LogP contribution in [0.25, 0.3) is 0 Å². The van der Waals surface area contributed by atoms with Crippen molar-refractivity contribution in [2.75, 3.05) is 0 Å². The minimum Gasteiger partial charge on any atom is -0.298 e. The fraction of sp³-hybridized carbons (Fsp3) is 0.273. The zero-order valence-corrected chi connectivity index (χ0v) is 10.2. The van der Waals surface area contributed by atoms with Crippen LogP contribution in [0.1, 0.15) is 19.4 Å². The first-order chi connectivity index (χ1) is 7.14. The molecule has 0 aliphatic carbocycles. The van der Waals surface area contributed by atoms with Crippen LogP contribution in [0.3, 0.4) is 0 Å². The van der Waals surface area contributed by atoms with Gasteiger partial charge >= 0.3 is 0 Å². The lowest BCUT2D eigenvalue weighted by molar-refractivity contribution is -0.117. The zero-order chi connectivity index (χ0) is 10.9. The predicted octanol–water partition coefficient (Wildman–Crippen LogP) is 3.13. The molecule has 0 aromatic heterocycles. The Morgan fingerprint density at radius 2 is 2.00 bits per heavy atom. The first-order valence-electron chi connectivity index (χ1n) is 4.64. The van der Waals surface area contributed by atoms with Gasteiger partial charge in [-0.2, -0.15) is 0 Å². The standard InChI is InChI=1S/C11H11NOS2/c1-8(13)11(2)10(12-15-14-11)9-6-4-3-5-7-9/h3-7H,1-2H3. The van der Waals surface area contributed by atoms with Crippen LogP contribution in [0.5, 0.6) is 0 Å². The van der Waals surface area contributed by atoms with Gasteiger partial charge in [0.2, 0.25) is 0 Å². The van der Waals surface area contributed by atoms with E-state index in [2.05, 4.69) is 4.40 Å². The molecular formula is C11H11NOS2. The molecule has 0 N–H and O–H groups in total. The van der Waals surface area contributed by atoms with Gasteiger partial charge in [-0.05, 0) is 30.2 Å². The molecule has 1 aromatic carbocycles. The van der Waals surface area contributed by atoms with Crippen molar-refractivity contribution in [1.29, 1.82) is 0 Å². The van der Waals surface area contributed by atoms with Crippen molar-refractivity contribution in [2.45, 2.75) is 18.6 Å². The number of Topliss-reactive ketones (excluding diaryl/α,β-unsaturated/α-hetero) is 1. The molecule has 0 bridgehead atoms. The minimum absolute atomic E-state index is 0.153. The number of hydrogen-bond acceptors (Lipinski definition) is 4. The van der Waals surface area contributed by atoms with Crippen LogP contribution in [0.2, 0.25) is 0 Å². The third-order valence-corrected chi connectivity index (χ3v) is 5.10. The molecule has 0 amide bonds. The van der Waals surface area contributed by atoms with E-state index in [4.69, 9.17) is 0 Å². The Morgan fingerprint density at radius 3 is 2.60 bits per heavy atom. The molecule has 2 rings (SSSR count). The average molecular weight is 237 g/mol. The summed E-state index contributed by atoms with van der Waals surface area (Å²) in [6.45, 7) is 3.56. The largest absolute Gasteiger partial charge is 0.298 e. The normalized spacial score (nSPS) is 25.1. The maximum Gasteiger partial charge on any atom is 0.152 e. The van der Waals surface area contributed by atoms with Crippen molar-refractivity contribution in [3.63, 3.8) is 0 Å². The lowest BCUT2D eigenvalue weighted by atomic mass is 9.94. The van der Waals surface area contributed by atoms with E-state index in [9.17, 15) is 4.79 Å². The number of rotatable bonds is 2. The fourth-order valence-corrected chi connectivity index (χ4v) is 3.74. The summed E-state index contributed by atoms with van der Waals surface area (Å²) in [6.07, 6.45) is 0. The zero-order valence-electron chi connectivity index (χ0n) is 8.56. The number of carbonyl (C=O) groups excluding carboxylic acids is 1. The highest BCUT2D eigenvalue weighted by Crippen LogP contribution is 2.46. The molecule has 78 valence electrons. The van der Waals surface area contributed by atoms with Crippen LogP contribution in [-0.4, -0.2) is 16.2 Å². The number of benzene rings is 1. The molecule has 1 atom stereocenters. The molecule has 15 heavy (non-hydrogen) atoms. The van der Waals surface area contributed by atoms with Gasteiger partial charge in [0.25, 0.3) is 0 Å². The van der Waals surface area contributed by atoms with Crippen LogP contribution >= 0.6 is 21.8 Å². The van der Waals surface area contributed by atoms with E-state index in [1.807, 2.05) is 37.3 Å². The predicted molar refractivity (Wildman–Crippen MR) is 67.2 cm³/mol. The molecule has 0 saturated heterocycles. The van der Waals surface area contributed by atoms with Crippen molar-refractivity contribution in [2.24, 2.45) is 4.40 Å². The summed E-state index contributed by atoms with van der Waals surface area (Å²) in [7, 11) is 2.92. The van der Waals surface area contributed by atoms with Gasteiger partial charge in [-0.3, -0.25) is 4.79 Å². The van der Waals surface area contributed by atoms with Crippen molar-refractivity contribution in [1.82, 2.24) is 0 Å². The number of nitrogens with zero attached hydrogens (tertiary/aromatic N) is 1. The SMILES string of the molecule is CC(=O)C1(C)SSN=C1c1ccccc1. The Morgan fingerprint density at radius 1 is 1.33 bits per heavy atom. The maximum absolute atomic E-state index is 11.6. The summed E-state index contributed by atoms with van der Waals surface area (Å²) in [5.41, 5.74) is 1.92. The first-order valence-corrected chi connectivity index (χ1v) is 6.75. The molecule has 4 heteroatoms. The lowest BCUT2D eigenvalue weighted by Gasteiger charge is -2.20. The molecule has 2 nitrogen and oxygen atoms in total. The third-order valence-electron chi connectivity index (χ3n) is 2.50. The second-order valence-electron chi connectivity index (χ2n) is 3.55. The molecule has 0 spiro atoms. The molecule has 1 heterocycles. The molecule has 0 saturated carbocycles. The van der Waals surface area contributed by atoms with Gasteiger partial charge in [-0.15, -0.1) is 0 Å². The van der Waals surface area contributed by atoms with Crippen LogP contribution in [-0.2, 0) is 4.79 Å². The Kier molecular flexibility index (Phi) is 2.89. The highest BCUT2D eigenvalue weighted by molar-refractivity contribution is 8.77. The summed E-state index contributed by atoms with van der Waals surface area (Å²) < 4.78 is 3.86. The Bertz CT molecular complexity index is 416. The fourth-order valence-electron chi connectivity index (χ4n) is 1.41. The van der Waals surface area contributed by atoms with E-state index < -0.39 is 4.75 Å². The van der Waals surface area contributed by atoms with Gasteiger partial charge in [0.15, 0.2) is 5.78 Å². The average Bonchev–Trinajstić information content (AvgIpc) is 2.63. The molecule has 0 radical (unpaired) electrons. The van der Waals surface area contributed by atoms with Crippen molar-refractivity contribution in [3.8, 4) is 0 Å². The molecule has 1 aliphatic heterocycles. The summed E-state index contributed by atoms with van der Waals surface area (Å²) in [6, 6.07) is 9.88. The summed E-state index contributed by atoms with van der Waals surface area (Å²) in [4.78, 5) is 11.6. The van der Waals surface area contributed by atoms with E-state index in [0.717, 1.165) is 11.3 Å². The Hall–Kier alpha value is -0.740. The van der Waals surface area contributed by atoms with Crippen LogP contribution < -0.4 is 0 Å². The highest BCUT2D eigenvalue weighted by atomic mass is 33.1. The second-order valence-corrected chi connectivity index (χ2v) is 5.82. The van der Waals surface area contributed by atoms with E-state index in [-0.39, 0.29) is 5.78 Å². The third kappa shape index (κ3) is 1.84. The molecule has 0 fully saturated rings. The van der Waals surface area contributed by atoms with Crippen molar-refractivity contribution >= 4 is 33.3 Å². The quantitative estimate of drug-likeness (QED) is 0.584. The molecule has 1 unspecified atom stereocenters. The van der Waals surface area contributed by atoms with Gasteiger partial charge in [0.1, 0.15) is 4.75 Å². The molecule has 1 aliphatic rings. The minimum atomic E-state index is -0.494. The van der Waals surface area contributed by atoms with Crippen LogP contribution in [0.4, 0.5) is 0 Å². The molecular weight excluding hydrogens is 226 g/mol. The molecule has 1 aromatic rings. The van der Waals surface area contributed by atoms with E-state index in [1.54, 1.807) is 6.92 Å². The van der Waals surface area contributed by atoms with Gasteiger partial charge in [-0.1, -0.05) is 30.3 Å². The maximum atomic E-state index is 11.6. The highest BCUT2D eigenvalue weighted by Gasteiger charge is 2.41. The summed E-state index contributed by atoms with van der Waals surface area (Å²) in [5, 5.41) is 0. The summed E-state index contributed by atoms with van der Waals surface area (Å²) >= 11 is 0. The van der Waals surface area contributed by atoms with Gasteiger partial charge < -0.3 is 0 Å². The first kappa shape index (κ1) is 10.8. The van der Waals surface area contributed by atoms with Crippen molar-refractivity contribution in [3.05, 3.63) is 35.9 Å². The summed E-state index contributed by atoms with van der Waals surface area (Å²) in [5.74, 6) is 0.153. The number of ketones is 1. The second kappa shape index (κ2) is 4.02. The van der Waals surface area contributed by atoms with E-state index >= 15 is 0 Å². The number of carbonyl (C=O) groups is 1. The van der Waals surface area contributed by atoms with E-state index in [1.165, 1.54) is 21.8 Å².